The monoisotopic (exact) mass is 259 g/mol. The molecule has 0 heterocycles. The molecule has 0 amide bonds. The summed E-state index contributed by atoms with van der Waals surface area (Å²) in [6.07, 6.45) is 0.187. The van der Waals surface area contributed by atoms with E-state index < -0.39 is 0 Å². The predicted octanol–water partition coefficient (Wildman–Crippen LogP) is 0.930. The first-order chi connectivity index (χ1) is 4.70. The molecule has 0 aromatic heterocycles. The van der Waals surface area contributed by atoms with E-state index in [-0.39, 0.29) is 6.10 Å². The van der Waals surface area contributed by atoms with Crippen LogP contribution in [0.2, 0.25) is 0 Å². The van der Waals surface area contributed by atoms with E-state index >= 15 is 0 Å². The van der Waals surface area contributed by atoms with Crippen LogP contribution in [0.15, 0.2) is 0 Å². The number of ether oxygens (including phenoxy) is 2. The standard InChI is InChI=1S/C6H14INO2/c1-8(7)4-6(10-3)5-9-2/h6H,4-5H2,1-3H3. The zero-order chi connectivity index (χ0) is 7.98. The molecule has 0 N–H and O–H groups in total. The highest BCUT2D eigenvalue weighted by atomic mass is 127. The van der Waals surface area contributed by atoms with Crippen LogP contribution < -0.4 is 0 Å². The van der Waals surface area contributed by atoms with Crippen molar-refractivity contribution < 1.29 is 9.47 Å². The van der Waals surface area contributed by atoms with Gasteiger partial charge in [0, 0.05) is 43.6 Å². The molecule has 4 heteroatoms. The van der Waals surface area contributed by atoms with E-state index in [2.05, 4.69) is 22.9 Å². The van der Waals surface area contributed by atoms with Crippen LogP contribution in [-0.2, 0) is 9.47 Å². The van der Waals surface area contributed by atoms with E-state index in [1.54, 1.807) is 14.2 Å². The summed E-state index contributed by atoms with van der Waals surface area (Å²) in [6, 6.07) is 0. The lowest BCUT2D eigenvalue weighted by atomic mass is 10.4. The fourth-order valence-electron chi connectivity index (χ4n) is 0.662. The Morgan fingerprint density at radius 1 is 1.50 bits per heavy atom. The average Bonchev–Trinajstić information content (AvgIpc) is 1.86. The zero-order valence-corrected chi connectivity index (χ0v) is 8.79. The van der Waals surface area contributed by atoms with Crippen molar-refractivity contribution in [2.75, 3.05) is 34.4 Å². The average molecular weight is 259 g/mol. The van der Waals surface area contributed by atoms with Crippen LogP contribution in [0.4, 0.5) is 0 Å². The summed E-state index contributed by atoms with van der Waals surface area (Å²) in [4.78, 5) is 0. The lowest BCUT2D eigenvalue weighted by Gasteiger charge is -2.16. The highest BCUT2D eigenvalue weighted by Gasteiger charge is 2.07. The molecule has 0 spiro atoms. The van der Waals surface area contributed by atoms with Crippen molar-refractivity contribution in [3.05, 3.63) is 0 Å². The van der Waals surface area contributed by atoms with Crippen LogP contribution >= 0.6 is 22.9 Å². The van der Waals surface area contributed by atoms with Gasteiger partial charge in [-0.15, -0.1) is 0 Å². The minimum absolute atomic E-state index is 0.187. The van der Waals surface area contributed by atoms with Gasteiger partial charge in [0.1, 0.15) is 0 Å². The van der Waals surface area contributed by atoms with Gasteiger partial charge in [-0.25, -0.2) is 3.11 Å². The predicted molar refractivity (Wildman–Crippen MR) is 49.3 cm³/mol. The van der Waals surface area contributed by atoms with Crippen molar-refractivity contribution in [3.8, 4) is 0 Å². The summed E-state index contributed by atoms with van der Waals surface area (Å²) in [5.74, 6) is 0. The van der Waals surface area contributed by atoms with Gasteiger partial charge < -0.3 is 9.47 Å². The van der Waals surface area contributed by atoms with Gasteiger partial charge in [-0.2, -0.15) is 0 Å². The molecular formula is C6H14INO2. The molecule has 0 aromatic carbocycles. The molecule has 0 radical (unpaired) electrons. The molecule has 1 atom stereocenters. The van der Waals surface area contributed by atoms with Crippen LogP contribution in [0, 0.1) is 0 Å². The van der Waals surface area contributed by atoms with Crippen molar-refractivity contribution in [3.63, 3.8) is 0 Å². The first-order valence-electron chi connectivity index (χ1n) is 3.09. The fraction of sp³-hybridized carbons (Fsp3) is 1.00. The van der Waals surface area contributed by atoms with Crippen LogP contribution in [0.1, 0.15) is 0 Å². The van der Waals surface area contributed by atoms with E-state index in [0.717, 1.165) is 6.54 Å². The van der Waals surface area contributed by atoms with E-state index in [1.807, 2.05) is 10.2 Å². The Kier molecular flexibility index (Phi) is 6.71. The van der Waals surface area contributed by atoms with Crippen molar-refractivity contribution in [2.24, 2.45) is 0 Å². The van der Waals surface area contributed by atoms with Gasteiger partial charge in [0.2, 0.25) is 0 Å². The second-order valence-electron chi connectivity index (χ2n) is 2.10. The van der Waals surface area contributed by atoms with E-state index in [4.69, 9.17) is 9.47 Å². The highest BCUT2D eigenvalue weighted by Crippen LogP contribution is 1.98. The normalized spacial score (nSPS) is 14.1. The molecule has 0 aliphatic heterocycles. The molecule has 0 saturated carbocycles. The molecule has 1 unspecified atom stereocenters. The molecule has 10 heavy (non-hydrogen) atoms. The Balaban J connectivity index is 3.39. The van der Waals surface area contributed by atoms with Crippen molar-refractivity contribution >= 4 is 22.9 Å². The van der Waals surface area contributed by atoms with E-state index in [0.29, 0.717) is 6.61 Å². The lowest BCUT2D eigenvalue weighted by molar-refractivity contribution is 0.0234. The van der Waals surface area contributed by atoms with Gasteiger partial charge in [0.15, 0.2) is 0 Å². The second kappa shape index (κ2) is 6.33. The Labute approximate surface area is 76.2 Å². The second-order valence-corrected chi connectivity index (χ2v) is 3.75. The van der Waals surface area contributed by atoms with Gasteiger partial charge in [0.25, 0.3) is 0 Å². The number of likely N-dealkylation sites (N-methyl/N-ethyl adjacent to an activating group) is 1. The van der Waals surface area contributed by atoms with Crippen LogP contribution in [0.25, 0.3) is 0 Å². The number of halogens is 1. The van der Waals surface area contributed by atoms with E-state index in [9.17, 15) is 0 Å². The first-order valence-corrected chi connectivity index (χ1v) is 4.05. The quantitative estimate of drug-likeness (QED) is 0.541. The van der Waals surface area contributed by atoms with Gasteiger partial charge in [-0.05, 0) is 7.05 Å². The zero-order valence-electron chi connectivity index (χ0n) is 6.63. The maximum atomic E-state index is 5.13. The molecule has 3 nitrogen and oxygen atoms in total. The third-order valence-electron chi connectivity index (χ3n) is 1.14. The van der Waals surface area contributed by atoms with Gasteiger partial charge in [0.05, 0.1) is 12.7 Å². The Morgan fingerprint density at radius 3 is 2.40 bits per heavy atom. The summed E-state index contributed by atoms with van der Waals surface area (Å²) >= 11 is 2.22. The Morgan fingerprint density at radius 2 is 2.10 bits per heavy atom. The fourth-order valence-corrected chi connectivity index (χ4v) is 1.10. The molecule has 0 bridgehead atoms. The highest BCUT2D eigenvalue weighted by molar-refractivity contribution is 14.1. The summed E-state index contributed by atoms with van der Waals surface area (Å²) in [6.45, 7) is 1.55. The minimum Gasteiger partial charge on any atom is -0.382 e. The van der Waals surface area contributed by atoms with E-state index in [1.165, 1.54) is 0 Å². The van der Waals surface area contributed by atoms with Crippen molar-refractivity contribution in [1.29, 1.82) is 0 Å². The van der Waals surface area contributed by atoms with Crippen molar-refractivity contribution in [2.45, 2.75) is 6.10 Å². The maximum absolute atomic E-state index is 5.13. The molecular weight excluding hydrogens is 245 g/mol. The summed E-state index contributed by atoms with van der Waals surface area (Å²) < 4.78 is 12.1. The number of hydrogen-bond donors (Lipinski definition) is 0. The topological polar surface area (TPSA) is 21.7 Å². The number of methoxy groups -OCH3 is 2. The van der Waals surface area contributed by atoms with Crippen LogP contribution in [0.5, 0.6) is 0 Å². The van der Waals surface area contributed by atoms with Gasteiger partial charge in [-0.3, -0.25) is 0 Å². The molecule has 0 fully saturated rings. The largest absolute Gasteiger partial charge is 0.382 e. The summed E-state index contributed by atoms with van der Waals surface area (Å²) in [7, 11) is 5.38. The molecule has 0 saturated heterocycles. The van der Waals surface area contributed by atoms with Gasteiger partial charge in [-0.1, -0.05) is 0 Å². The number of hydrogen-bond acceptors (Lipinski definition) is 3. The number of rotatable bonds is 5. The van der Waals surface area contributed by atoms with Crippen LogP contribution in [0.3, 0.4) is 0 Å². The lowest BCUT2D eigenvalue weighted by Crippen LogP contribution is -2.28. The maximum Gasteiger partial charge on any atom is 0.0939 e. The molecule has 0 aromatic rings. The van der Waals surface area contributed by atoms with Crippen molar-refractivity contribution in [1.82, 2.24) is 3.11 Å². The summed E-state index contributed by atoms with van der Waals surface area (Å²) in [5.41, 5.74) is 0. The molecule has 0 aliphatic carbocycles. The molecule has 0 aliphatic rings. The summed E-state index contributed by atoms with van der Waals surface area (Å²) in [5, 5.41) is 0. The first kappa shape index (κ1) is 10.6. The SMILES string of the molecule is COCC(CN(C)I)OC. The Hall–Kier alpha value is 0.610. The minimum atomic E-state index is 0.187. The third kappa shape index (κ3) is 5.40. The third-order valence-corrected chi connectivity index (χ3v) is 1.54. The molecule has 62 valence electrons. The Bertz CT molecular complexity index is 80.1. The number of nitrogens with zero attached hydrogens (tertiary/aromatic N) is 1. The smallest absolute Gasteiger partial charge is 0.0939 e. The van der Waals surface area contributed by atoms with Crippen LogP contribution in [-0.4, -0.2) is 43.6 Å². The van der Waals surface area contributed by atoms with Gasteiger partial charge >= 0.3 is 0 Å². The molecule has 0 rings (SSSR count).